The molecule has 0 fully saturated rings. The molecule has 0 atom stereocenters. The van der Waals surface area contributed by atoms with Crippen molar-refractivity contribution in [3.8, 4) is 23.0 Å². The second kappa shape index (κ2) is 11.2. The molecule has 0 aliphatic heterocycles. The lowest BCUT2D eigenvalue weighted by Gasteiger charge is -2.23. The molecule has 32 heavy (non-hydrogen) atoms. The van der Waals surface area contributed by atoms with Gasteiger partial charge in [0.05, 0.1) is 14.2 Å². The van der Waals surface area contributed by atoms with Crippen LogP contribution in [-0.4, -0.2) is 56.9 Å². The van der Waals surface area contributed by atoms with Gasteiger partial charge in [-0.1, -0.05) is 30.3 Å². The van der Waals surface area contributed by atoms with E-state index in [9.17, 15) is 19.8 Å². The van der Waals surface area contributed by atoms with Crippen LogP contribution in [0.2, 0.25) is 0 Å². The first-order chi connectivity index (χ1) is 15.3. The number of ketones is 1. The fourth-order valence-corrected chi connectivity index (χ4v) is 3.20. The molecule has 0 radical (unpaired) electrons. The van der Waals surface area contributed by atoms with E-state index in [1.54, 1.807) is 24.3 Å². The van der Waals surface area contributed by atoms with E-state index in [2.05, 4.69) is 0 Å². The second-order valence-electron chi connectivity index (χ2n) is 6.59. The average molecular weight is 446 g/mol. The van der Waals surface area contributed by atoms with Crippen molar-refractivity contribution >= 4 is 17.3 Å². The SMILES string of the molecule is COc1cc(/C(Cc2ccccc2)=C(\C(C)=O)C(=O)O)c(OC)c(OC(OC)OC)c1O. The van der Waals surface area contributed by atoms with Gasteiger partial charge in [-0.15, -0.1) is 0 Å². The largest absolute Gasteiger partial charge is 0.502 e. The molecule has 9 nitrogen and oxygen atoms in total. The van der Waals surface area contributed by atoms with E-state index in [1.807, 2.05) is 6.07 Å². The first kappa shape index (κ1) is 24.7. The Morgan fingerprint density at radius 1 is 0.969 bits per heavy atom. The molecular weight excluding hydrogens is 420 g/mol. The van der Waals surface area contributed by atoms with Crippen LogP contribution in [-0.2, 0) is 25.5 Å². The van der Waals surface area contributed by atoms with Crippen molar-refractivity contribution in [2.75, 3.05) is 28.4 Å². The zero-order valence-electron chi connectivity index (χ0n) is 18.5. The number of carboxylic acid groups (broad SMARTS) is 1. The molecule has 0 unspecified atom stereocenters. The van der Waals surface area contributed by atoms with Gasteiger partial charge in [-0.3, -0.25) is 4.79 Å². The number of benzene rings is 2. The number of ether oxygens (including phenoxy) is 5. The van der Waals surface area contributed by atoms with E-state index < -0.39 is 29.6 Å². The molecule has 0 aliphatic carbocycles. The molecule has 172 valence electrons. The predicted molar refractivity (Wildman–Crippen MR) is 115 cm³/mol. The summed E-state index contributed by atoms with van der Waals surface area (Å²) in [4.78, 5) is 24.4. The number of allylic oxidation sites excluding steroid dienone is 1. The summed E-state index contributed by atoms with van der Waals surface area (Å²) in [5, 5.41) is 20.5. The summed E-state index contributed by atoms with van der Waals surface area (Å²) >= 11 is 0. The summed E-state index contributed by atoms with van der Waals surface area (Å²) in [5.74, 6) is -2.70. The minimum absolute atomic E-state index is 0.0201. The van der Waals surface area contributed by atoms with Crippen LogP contribution in [0.4, 0.5) is 0 Å². The maximum atomic E-state index is 12.3. The molecule has 9 heteroatoms. The van der Waals surface area contributed by atoms with Crippen molar-refractivity contribution < 1.29 is 43.5 Å². The molecule has 0 spiro atoms. The first-order valence-electron chi connectivity index (χ1n) is 9.50. The van der Waals surface area contributed by atoms with Gasteiger partial charge in [-0.25, -0.2) is 4.79 Å². The van der Waals surface area contributed by atoms with Crippen molar-refractivity contribution in [3.05, 3.63) is 53.1 Å². The zero-order valence-corrected chi connectivity index (χ0v) is 18.5. The van der Waals surface area contributed by atoms with Gasteiger partial charge in [0.2, 0.25) is 11.5 Å². The van der Waals surface area contributed by atoms with Crippen LogP contribution in [0, 0.1) is 0 Å². The van der Waals surface area contributed by atoms with Gasteiger partial charge in [0.25, 0.3) is 0 Å². The number of aromatic hydroxyl groups is 1. The minimum Gasteiger partial charge on any atom is -0.502 e. The molecule has 2 N–H and O–H groups in total. The Morgan fingerprint density at radius 3 is 2.06 bits per heavy atom. The Kier molecular flexibility index (Phi) is 8.62. The van der Waals surface area contributed by atoms with Crippen molar-refractivity contribution in [1.82, 2.24) is 0 Å². The standard InChI is InChI=1S/C23H26O9/c1-13(24)18(22(26)27)15(11-14-9-7-6-8-10-14)16-12-17(28-2)19(25)21(20(16)29-3)32-23(30-4)31-5/h6-10,12,23,25H,11H2,1-5H3,(H,26,27)/b18-15+. The normalized spacial score (nSPS) is 11.7. The third-order valence-electron chi connectivity index (χ3n) is 4.61. The molecule has 2 rings (SSSR count). The van der Waals surface area contributed by atoms with Gasteiger partial charge in [0.15, 0.2) is 17.3 Å². The fourth-order valence-electron chi connectivity index (χ4n) is 3.20. The first-order valence-corrected chi connectivity index (χ1v) is 9.50. The second-order valence-corrected chi connectivity index (χ2v) is 6.59. The summed E-state index contributed by atoms with van der Waals surface area (Å²) < 4.78 is 26.4. The van der Waals surface area contributed by atoms with Crippen LogP contribution in [0.3, 0.4) is 0 Å². The molecule has 0 aliphatic rings. The molecule has 2 aromatic rings. The lowest BCUT2D eigenvalue weighted by molar-refractivity contribution is -0.219. The molecule has 0 saturated carbocycles. The van der Waals surface area contributed by atoms with E-state index in [1.165, 1.54) is 41.4 Å². The van der Waals surface area contributed by atoms with Crippen LogP contribution in [0.15, 0.2) is 42.0 Å². The van der Waals surface area contributed by atoms with Crippen LogP contribution in [0.5, 0.6) is 23.0 Å². The lowest BCUT2D eigenvalue weighted by Crippen LogP contribution is -2.21. The summed E-state index contributed by atoms with van der Waals surface area (Å²) in [5.41, 5.74) is 0.675. The van der Waals surface area contributed by atoms with Gasteiger partial charge in [-0.05, 0) is 30.5 Å². The Bertz CT molecular complexity index is 976. The van der Waals surface area contributed by atoms with E-state index in [4.69, 9.17) is 23.7 Å². The van der Waals surface area contributed by atoms with E-state index in [0.29, 0.717) is 0 Å². The van der Waals surface area contributed by atoms with Gasteiger partial charge in [0.1, 0.15) is 5.57 Å². The number of carbonyl (C=O) groups excluding carboxylic acids is 1. The number of hydrogen-bond donors (Lipinski definition) is 2. The third kappa shape index (κ3) is 5.37. The van der Waals surface area contributed by atoms with Gasteiger partial charge < -0.3 is 33.9 Å². The third-order valence-corrected chi connectivity index (χ3v) is 4.61. The van der Waals surface area contributed by atoms with Gasteiger partial charge in [0, 0.05) is 19.8 Å². The quantitative estimate of drug-likeness (QED) is 0.232. The number of aliphatic carboxylic acids is 1. The number of rotatable bonds is 11. The maximum absolute atomic E-state index is 12.3. The van der Waals surface area contributed by atoms with E-state index in [-0.39, 0.29) is 34.8 Å². The van der Waals surface area contributed by atoms with Gasteiger partial charge >= 0.3 is 12.4 Å². The Labute approximate surface area is 185 Å². The number of Topliss-reactive ketones (excluding diaryl/α,β-unsaturated/α-hetero) is 1. The van der Waals surface area contributed by atoms with Crippen LogP contribution in [0.25, 0.3) is 5.57 Å². The van der Waals surface area contributed by atoms with Crippen molar-refractivity contribution in [3.63, 3.8) is 0 Å². The number of hydrogen-bond acceptors (Lipinski definition) is 8. The van der Waals surface area contributed by atoms with E-state index >= 15 is 0 Å². The number of phenolic OH excluding ortho intramolecular Hbond substituents is 1. The smallest absolute Gasteiger partial charge is 0.339 e. The highest BCUT2D eigenvalue weighted by Gasteiger charge is 2.29. The Morgan fingerprint density at radius 2 is 1.59 bits per heavy atom. The summed E-state index contributed by atoms with van der Waals surface area (Å²) in [6.07, 6.45) is 0.0871. The number of carbonyl (C=O) groups is 2. The van der Waals surface area contributed by atoms with Crippen LogP contribution >= 0.6 is 0 Å². The van der Waals surface area contributed by atoms with Crippen LogP contribution < -0.4 is 14.2 Å². The van der Waals surface area contributed by atoms with Crippen molar-refractivity contribution in [1.29, 1.82) is 0 Å². The van der Waals surface area contributed by atoms with E-state index in [0.717, 1.165) is 5.56 Å². The molecule has 0 saturated heterocycles. The summed E-state index contributed by atoms with van der Waals surface area (Å²) in [6, 6.07) is 10.4. The highest BCUT2D eigenvalue weighted by atomic mass is 16.8. The number of methoxy groups -OCH3 is 4. The molecule has 0 amide bonds. The Hall–Kier alpha value is -3.56. The molecule has 0 aromatic heterocycles. The molecule has 0 heterocycles. The van der Waals surface area contributed by atoms with Crippen LogP contribution in [0.1, 0.15) is 18.1 Å². The average Bonchev–Trinajstić information content (AvgIpc) is 2.77. The minimum atomic E-state index is -1.40. The molecule has 2 aromatic carbocycles. The predicted octanol–water partition coefficient (Wildman–Crippen LogP) is 3.03. The van der Waals surface area contributed by atoms with Crippen molar-refractivity contribution in [2.24, 2.45) is 0 Å². The number of phenols is 1. The summed E-state index contributed by atoms with van der Waals surface area (Å²) in [6.45, 7) is -0.0370. The topological polar surface area (TPSA) is 121 Å². The molecular formula is C23H26O9. The highest BCUT2D eigenvalue weighted by Crippen LogP contribution is 2.49. The zero-order chi connectivity index (χ0) is 23.8. The highest BCUT2D eigenvalue weighted by molar-refractivity contribution is 6.21. The summed E-state index contributed by atoms with van der Waals surface area (Å²) in [7, 11) is 5.30. The lowest BCUT2D eigenvalue weighted by atomic mass is 9.90. The fraction of sp³-hybridized carbons (Fsp3) is 0.304. The van der Waals surface area contributed by atoms with Crippen molar-refractivity contribution in [2.45, 2.75) is 19.8 Å². The monoisotopic (exact) mass is 446 g/mol. The maximum Gasteiger partial charge on any atom is 0.339 e. The molecule has 0 bridgehead atoms. The number of carboxylic acids is 1. The van der Waals surface area contributed by atoms with Gasteiger partial charge in [-0.2, -0.15) is 0 Å². The Balaban J connectivity index is 2.89.